The molecule has 3 aromatic rings. The zero-order valence-electron chi connectivity index (χ0n) is 12.4. The second kappa shape index (κ2) is 6.15. The molecule has 3 rings (SSSR count). The van der Waals surface area contributed by atoms with Crippen LogP contribution in [0.25, 0.3) is 11.1 Å². The average molecular weight is 293 g/mol. The number of hydrogen-bond donors (Lipinski definition) is 1. The molecule has 0 spiro atoms. The normalized spacial score (nSPS) is 10.6. The monoisotopic (exact) mass is 293 g/mol. The highest BCUT2D eigenvalue weighted by Crippen LogP contribution is 2.26. The lowest BCUT2D eigenvalue weighted by Gasteiger charge is -2.07. The minimum atomic E-state index is 0.875. The van der Waals surface area contributed by atoms with Gasteiger partial charge in [0.25, 0.3) is 0 Å². The van der Waals surface area contributed by atoms with Crippen LogP contribution in [0.1, 0.15) is 16.0 Å². The van der Waals surface area contributed by atoms with E-state index in [1.54, 1.807) is 0 Å². The number of thiophene rings is 1. The fourth-order valence-corrected chi connectivity index (χ4v) is 3.35. The van der Waals surface area contributed by atoms with E-state index < -0.39 is 0 Å². The van der Waals surface area contributed by atoms with Crippen molar-refractivity contribution in [3.8, 4) is 11.1 Å². The maximum atomic E-state index is 3.52. The minimum absolute atomic E-state index is 0.875. The molecule has 1 aromatic heterocycles. The van der Waals surface area contributed by atoms with Crippen molar-refractivity contribution in [2.24, 2.45) is 0 Å². The highest BCUT2D eigenvalue weighted by Gasteiger charge is 2.02. The van der Waals surface area contributed by atoms with Gasteiger partial charge < -0.3 is 5.32 Å². The van der Waals surface area contributed by atoms with E-state index >= 15 is 0 Å². The van der Waals surface area contributed by atoms with Crippen LogP contribution in [0, 0.1) is 13.8 Å². The lowest BCUT2D eigenvalue weighted by Crippen LogP contribution is -1.98. The number of benzene rings is 2. The Morgan fingerprint density at radius 2 is 1.57 bits per heavy atom. The second-order valence-corrected chi connectivity index (χ2v) is 6.39. The third-order valence-corrected chi connectivity index (χ3v) is 4.39. The van der Waals surface area contributed by atoms with Gasteiger partial charge in [-0.05, 0) is 59.7 Å². The van der Waals surface area contributed by atoms with E-state index in [1.165, 1.54) is 32.8 Å². The Bertz CT molecular complexity index is 708. The van der Waals surface area contributed by atoms with E-state index in [1.807, 2.05) is 11.3 Å². The molecule has 106 valence electrons. The van der Waals surface area contributed by atoms with Crippen LogP contribution in [0.3, 0.4) is 0 Å². The summed E-state index contributed by atoms with van der Waals surface area (Å²) < 4.78 is 0. The molecule has 0 radical (unpaired) electrons. The van der Waals surface area contributed by atoms with E-state index in [4.69, 9.17) is 0 Å². The topological polar surface area (TPSA) is 12.0 Å². The van der Waals surface area contributed by atoms with E-state index in [-0.39, 0.29) is 0 Å². The summed E-state index contributed by atoms with van der Waals surface area (Å²) in [6.07, 6.45) is 0. The van der Waals surface area contributed by atoms with Crippen molar-refractivity contribution in [2.75, 3.05) is 5.32 Å². The van der Waals surface area contributed by atoms with Crippen molar-refractivity contribution in [3.05, 3.63) is 76.0 Å². The van der Waals surface area contributed by atoms with Crippen molar-refractivity contribution in [3.63, 3.8) is 0 Å². The molecule has 2 heteroatoms. The molecule has 0 amide bonds. The molecular weight excluding hydrogens is 274 g/mol. The molecule has 1 nitrogen and oxygen atoms in total. The molecule has 21 heavy (non-hydrogen) atoms. The van der Waals surface area contributed by atoms with Crippen LogP contribution in [0.5, 0.6) is 0 Å². The summed E-state index contributed by atoms with van der Waals surface area (Å²) in [5, 5.41) is 5.75. The molecule has 0 fully saturated rings. The van der Waals surface area contributed by atoms with Gasteiger partial charge in [0.05, 0.1) is 0 Å². The third kappa shape index (κ3) is 3.53. The molecule has 0 aliphatic carbocycles. The summed E-state index contributed by atoms with van der Waals surface area (Å²) in [5.74, 6) is 0. The van der Waals surface area contributed by atoms with Gasteiger partial charge >= 0.3 is 0 Å². The first-order valence-corrected chi connectivity index (χ1v) is 8.04. The van der Waals surface area contributed by atoms with Crippen molar-refractivity contribution < 1.29 is 0 Å². The number of rotatable bonds is 4. The smallest absolute Gasteiger partial charge is 0.0494 e. The number of anilines is 1. The first-order chi connectivity index (χ1) is 10.2. The summed E-state index contributed by atoms with van der Waals surface area (Å²) in [5.41, 5.74) is 6.38. The van der Waals surface area contributed by atoms with Gasteiger partial charge in [0, 0.05) is 17.1 Å². The third-order valence-electron chi connectivity index (χ3n) is 3.45. The van der Waals surface area contributed by atoms with Gasteiger partial charge in [-0.2, -0.15) is 0 Å². The average Bonchev–Trinajstić information content (AvgIpc) is 2.94. The molecule has 0 atom stereocenters. The van der Waals surface area contributed by atoms with Gasteiger partial charge in [-0.15, -0.1) is 11.3 Å². The summed E-state index contributed by atoms with van der Waals surface area (Å²) in [6, 6.07) is 19.4. The van der Waals surface area contributed by atoms with Gasteiger partial charge in [0.15, 0.2) is 0 Å². The maximum absolute atomic E-state index is 3.52. The van der Waals surface area contributed by atoms with Crippen LogP contribution in [0.4, 0.5) is 5.69 Å². The summed E-state index contributed by atoms with van der Waals surface area (Å²) in [7, 11) is 0. The highest BCUT2D eigenvalue weighted by molar-refractivity contribution is 7.10. The summed E-state index contributed by atoms with van der Waals surface area (Å²) in [4.78, 5) is 1.35. The molecule has 0 saturated heterocycles. The van der Waals surface area contributed by atoms with Crippen LogP contribution in [0.15, 0.2) is 60.0 Å². The van der Waals surface area contributed by atoms with Gasteiger partial charge in [-0.1, -0.05) is 36.4 Å². The molecule has 0 unspecified atom stereocenters. The number of nitrogens with one attached hydrogen (secondary N) is 1. The van der Waals surface area contributed by atoms with Crippen molar-refractivity contribution in [1.82, 2.24) is 0 Å². The lowest BCUT2D eigenvalue weighted by molar-refractivity contribution is 1.18. The molecule has 0 aliphatic heterocycles. The Balaban J connectivity index is 1.70. The standard InChI is InChI=1S/C19H19NS/c1-14-8-15(2)10-18(9-14)20-12-19-11-17(13-21-19)16-6-4-3-5-7-16/h3-11,13,20H,12H2,1-2H3. The SMILES string of the molecule is Cc1cc(C)cc(NCc2cc(-c3ccccc3)cs2)c1. The molecule has 2 aromatic carbocycles. The highest BCUT2D eigenvalue weighted by atomic mass is 32.1. The minimum Gasteiger partial charge on any atom is -0.380 e. The summed E-state index contributed by atoms with van der Waals surface area (Å²) in [6.45, 7) is 5.15. The molecule has 0 aliphatic rings. The van der Waals surface area contributed by atoms with E-state index in [0.29, 0.717) is 0 Å². The predicted octanol–water partition coefficient (Wildman–Crippen LogP) is 5.64. The molecule has 0 bridgehead atoms. The van der Waals surface area contributed by atoms with Gasteiger partial charge in [-0.25, -0.2) is 0 Å². The van der Waals surface area contributed by atoms with Crippen LogP contribution in [0.2, 0.25) is 0 Å². The van der Waals surface area contributed by atoms with Crippen LogP contribution < -0.4 is 5.32 Å². The van der Waals surface area contributed by atoms with E-state index in [0.717, 1.165) is 6.54 Å². The van der Waals surface area contributed by atoms with Gasteiger partial charge in [0.2, 0.25) is 0 Å². The number of aryl methyl sites for hydroxylation is 2. The van der Waals surface area contributed by atoms with Crippen LogP contribution in [-0.4, -0.2) is 0 Å². The molecular formula is C19H19NS. The molecule has 1 N–H and O–H groups in total. The van der Waals surface area contributed by atoms with Crippen LogP contribution >= 0.6 is 11.3 Å². The zero-order valence-corrected chi connectivity index (χ0v) is 13.2. The second-order valence-electron chi connectivity index (χ2n) is 5.40. The van der Waals surface area contributed by atoms with Crippen molar-refractivity contribution in [1.29, 1.82) is 0 Å². The quantitative estimate of drug-likeness (QED) is 0.656. The zero-order chi connectivity index (χ0) is 14.7. The van der Waals surface area contributed by atoms with Gasteiger partial charge in [0.1, 0.15) is 0 Å². The summed E-state index contributed by atoms with van der Waals surface area (Å²) >= 11 is 1.81. The predicted molar refractivity (Wildman–Crippen MR) is 93.0 cm³/mol. The maximum Gasteiger partial charge on any atom is 0.0494 e. The molecule has 0 saturated carbocycles. The first kappa shape index (κ1) is 13.9. The van der Waals surface area contributed by atoms with Crippen LogP contribution in [-0.2, 0) is 6.54 Å². The Hall–Kier alpha value is -2.06. The Morgan fingerprint density at radius 3 is 2.29 bits per heavy atom. The van der Waals surface area contributed by atoms with E-state index in [2.05, 4.69) is 79.1 Å². The Labute approximate surface area is 130 Å². The molecule has 1 heterocycles. The Morgan fingerprint density at radius 1 is 0.857 bits per heavy atom. The van der Waals surface area contributed by atoms with Crippen molar-refractivity contribution in [2.45, 2.75) is 20.4 Å². The fourth-order valence-electron chi connectivity index (χ4n) is 2.52. The first-order valence-electron chi connectivity index (χ1n) is 7.16. The number of hydrogen-bond acceptors (Lipinski definition) is 2. The largest absolute Gasteiger partial charge is 0.380 e. The Kier molecular flexibility index (Phi) is 4.07. The fraction of sp³-hybridized carbons (Fsp3) is 0.158. The lowest BCUT2D eigenvalue weighted by atomic mass is 10.1. The van der Waals surface area contributed by atoms with E-state index in [9.17, 15) is 0 Å². The van der Waals surface area contributed by atoms with Gasteiger partial charge in [-0.3, -0.25) is 0 Å². The van der Waals surface area contributed by atoms with Crippen molar-refractivity contribution >= 4 is 17.0 Å².